The molecule has 1 heterocycles. The molecule has 1 aliphatic heterocycles. The second-order valence-electron chi connectivity index (χ2n) is 8.81. The maximum Gasteiger partial charge on any atom is 0.243 e. The van der Waals surface area contributed by atoms with Crippen LogP contribution < -0.4 is 5.32 Å². The second-order valence-corrected chi connectivity index (χ2v) is 10.7. The summed E-state index contributed by atoms with van der Waals surface area (Å²) in [4.78, 5) is 15.4. The SMILES string of the molecule is CCN(CC)C(CNCC(=O)c1cccc(S(=O)(=O)N2CC(C)OC(C)C2)c1)c1ccccc1. The third kappa shape index (κ3) is 6.52. The summed E-state index contributed by atoms with van der Waals surface area (Å²) < 4.78 is 33.5. The van der Waals surface area contributed by atoms with Crippen molar-refractivity contribution < 1.29 is 17.9 Å². The normalized spacial score (nSPS) is 20.4. The van der Waals surface area contributed by atoms with Crippen molar-refractivity contribution in [3.63, 3.8) is 0 Å². The Kier molecular flexibility index (Phi) is 9.39. The van der Waals surface area contributed by atoms with Crippen LogP contribution in [0.4, 0.5) is 0 Å². The second kappa shape index (κ2) is 12.0. The van der Waals surface area contributed by atoms with Crippen LogP contribution in [0.2, 0.25) is 0 Å². The Labute approximate surface area is 204 Å². The number of rotatable bonds is 11. The minimum atomic E-state index is -3.70. The highest BCUT2D eigenvalue weighted by Crippen LogP contribution is 2.22. The standard InChI is InChI=1S/C26H37N3O4S/c1-5-28(6-2)25(22-11-8-7-9-12-22)16-27-17-26(30)23-13-10-14-24(15-23)34(31,32)29-18-20(3)33-21(4)19-29/h7-15,20-21,25,27H,5-6,16-19H2,1-4H3. The molecule has 3 unspecified atom stereocenters. The van der Waals surface area contributed by atoms with Crippen molar-refractivity contribution in [2.45, 2.75) is 50.8 Å². The number of ketones is 1. The predicted octanol–water partition coefficient (Wildman–Crippen LogP) is 3.34. The van der Waals surface area contributed by atoms with E-state index < -0.39 is 10.0 Å². The van der Waals surface area contributed by atoms with E-state index in [2.05, 4.69) is 36.2 Å². The first kappa shape index (κ1) is 26.5. The molecule has 3 rings (SSSR count). The number of ether oxygens (including phenoxy) is 1. The van der Waals surface area contributed by atoms with Crippen LogP contribution in [0.1, 0.15) is 49.7 Å². The van der Waals surface area contributed by atoms with Crippen LogP contribution in [0, 0.1) is 0 Å². The molecule has 0 amide bonds. The summed E-state index contributed by atoms with van der Waals surface area (Å²) >= 11 is 0. The van der Waals surface area contributed by atoms with Crippen molar-refractivity contribution >= 4 is 15.8 Å². The summed E-state index contributed by atoms with van der Waals surface area (Å²) in [6, 6.07) is 16.8. The molecule has 1 aliphatic rings. The van der Waals surface area contributed by atoms with Gasteiger partial charge in [-0.3, -0.25) is 9.69 Å². The number of morpholine rings is 1. The molecular formula is C26H37N3O4S. The number of carbonyl (C=O) groups is 1. The summed E-state index contributed by atoms with van der Waals surface area (Å²) in [5.41, 5.74) is 1.59. The molecule has 186 valence electrons. The van der Waals surface area contributed by atoms with Crippen LogP contribution in [0.15, 0.2) is 59.5 Å². The van der Waals surface area contributed by atoms with Crippen molar-refractivity contribution in [1.29, 1.82) is 0 Å². The average molecular weight is 488 g/mol. The van der Waals surface area contributed by atoms with Crippen molar-refractivity contribution in [3.8, 4) is 0 Å². The molecule has 0 aromatic heterocycles. The molecular weight excluding hydrogens is 450 g/mol. The van der Waals surface area contributed by atoms with Gasteiger partial charge in [-0.1, -0.05) is 56.3 Å². The van der Waals surface area contributed by atoms with E-state index in [1.807, 2.05) is 32.0 Å². The topological polar surface area (TPSA) is 79.0 Å². The molecule has 0 saturated carbocycles. The Hall–Kier alpha value is -2.10. The lowest BCUT2D eigenvalue weighted by Gasteiger charge is -2.34. The van der Waals surface area contributed by atoms with Crippen LogP contribution in [-0.4, -0.2) is 74.9 Å². The van der Waals surface area contributed by atoms with Crippen molar-refractivity contribution in [1.82, 2.24) is 14.5 Å². The Morgan fingerprint density at radius 2 is 1.71 bits per heavy atom. The molecule has 1 saturated heterocycles. The fourth-order valence-electron chi connectivity index (χ4n) is 4.53. The molecule has 0 radical (unpaired) electrons. The number of hydrogen-bond acceptors (Lipinski definition) is 6. The van der Waals surface area contributed by atoms with Crippen LogP contribution in [-0.2, 0) is 14.8 Å². The lowest BCUT2D eigenvalue weighted by Crippen LogP contribution is -2.48. The summed E-state index contributed by atoms with van der Waals surface area (Å²) in [6.45, 7) is 11.2. The zero-order valence-electron chi connectivity index (χ0n) is 20.6. The molecule has 1 N–H and O–H groups in total. The van der Waals surface area contributed by atoms with E-state index in [0.29, 0.717) is 25.2 Å². The van der Waals surface area contributed by atoms with Crippen LogP contribution in [0.3, 0.4) is 0 Å². The highest BCUT2D eigenvalue weighted by molar-refractivity contribution is 7.89. The number of hydrogen-bond donors (Lipinski definition) is 1. The predicted molar refractivity (Wildman–Crippen MR) is 135 cm³/mol. The van der Waals surface area contributed by atoms with E-state index >= 15 is 0 Å². The van der Waals surface area contributed by atoms with Gasteiger partial charge in [-0.15, -0.1) is 0 Å². The first-order chi connectivity index (χ1) is 16.3. The third-order valence-corrected chi connectivity index (χ3v) is 8.07. The van der Waals surface area contributed by atoms with Gasteiger partial charge in [-0.2, -0.15) is 4.31 Å². The van der Waals surface area contributed by atoms with Gasteiger partial charge in [0.1, 0.15) is 0 Å². The van der Waals surface area contributed by atoms with Gasteiger partial charge in [0.2, 0.25) is 10.0 Å². The minimum Gasteiger partial charge on any atom is -0.373 e. The Bertz CT molecular complexity index is 1030. The molecule has 34 heavy (non-hydrogen) atoms. The molecule has 8 heteroatoms. The Morgan fingerprint density at radius 3 is 2.32 bits per heavy atom. The zero-order valence-corrected chi connectivity index (χ0v) is 21.4. The quantitative estimate of drug-likeness (QED) is 0.490. The lowest BCUT2D eigenvalue weighted by molar-refractivity contribution is -0.0440. The minimum absolute atomic E-state index is 0.132. The van der Waals surface area contributed by atoms with E-state index in [1.165, 1.54) is 15.9 Å². The van der Waals surface area contributed by atoms with Crippen molar-refractivity contribution in [3.05, 3.63) is 65.7 Å². The van der Waals surface area contributed by atoms with Gasteiger partial charge in [-0.25, -0.2) is 8.42 Å². The van der Waals surface area contributed by atoms with Crippen molar-refractivity contribution in [2.75, 3.05) is 39.3 Å². The lowest BCUT2D eigenvalue weighted by atomic mass is 10.0. The van der Waals surface area contributed by atoms with Gasteiger partial charge in [-0.05, 0) is 44.6 Å². The number of sulfonamides is 1. The van der Waals surface area contributed by atoms with Crippen LogP contribution in [0.25, 0.3) is 0 Å². The van der Waals surface area contributed by atoms with Gasteiger partial charge in [0.05, 0.1) is 23.6 Å². The van der Waals surface area contributed by atoms with E-state index in [-0.39, 0.29) is 35.5 Å². The fourth-order valence-corrected chi connectivity index (χ4v) is 6.16. The van der Waals surface area contributed by atoms with E-state index in [0.717, 1.165) is 13.1 Å². The maximum atomic E-state index is 13.2. The summed E-state index contributed by atoms with van der Waals surface area (Å²) in [6.07, 6.45) is -0.341. The molecule has 3 atom stereocenters. The monoisotopic (exact) mass is 487 g/mol. The van der Waals surface area contributed by atoms with Gasteiger partial charge in [0.25, 0.3) is 0 Å². The summed E-state index contributed by atoms with van der Waals surface area (Å²) in [7, 11) is -3.70. The number of carbonyl (C=O) groups excluding carboxylic acids is 1. The molecule has 1 fully saturated rings. The number of nitrogens with one attached hydrogen (secondary N) is 1. The highest BCUT2D eigenvalue weighted by Gasteiger charge is 2.32. The summed E-state index contributed by atoms with van der Waals surface area (Å²) in [5, 5.41) is 3.30. The molecule has 7 nitrogen and oxygen atoms in total. The van der Waals surface area contributed by atoms with Crippen LogP contribution in [0.5, 0.6) is 0 Å². The van der Waals surface area contributed by atoms with Gasteiger partial charge in [0, 0.05) is 31.2 Å². The zero-order chi connectivity index (χ0) is 24.7. The summed E-state index contributed by atoms with van der Waals surface area (Å²) in [5.74, 6) is -0.132. The van der Waals surface area contributed by atoms with Crippen LogP contribution >= 0.6 is 0 Å². The molecule has 0 aliphatic carbocycles. The van der Waals surface area contributed by atoms with E-state index in [1.54, 1.807) is 18.2 Å². The smallest absolute Gasteiger partial charge is 0.243 e. The fraction of sp³-hybridized carbons (Fsp3) is 0.500. The van der Waals surface area contributed by atoms with E-state index in [4.69, 9.17) is 4.74 Å². The van der Waals surface area contributed by atoms with Crippen molar-refractivity contribution in [2.24, 2.45) is 0 Å². The first-order valence-corrected chi connectivity index (χ1v) is 13.5. The number of nitrogens with zero attached hydrogens (tertiary/aromatic N) is 2. The van der Waals surface area contributed by atoms with E-state index in [9.17, 15) is 13.2 Å². The molecule has 0 bridgehead atoms. The van der Waals surface area contributed by atoms with Gasteiger partial charge in [0.15, 0.2) is 5.78 Å². The average Bonchev–Trinajstić information content (AvgIpc) is 2.83. The number of benzene rings is 2. The number of Topliss-reactive ketones (excluding diaryl/α,β-unsaturated/α-hetero) is 1. The molecule has 0 spiro atoms. The largest absolute Gasteiger partial charge is 0.373 e. The number of likely N-dealkylation sites (N-methyl/N-ethyl adjacent to an activating group) is 1. The third-order valence-electron chi connectivity index (χ3n) is 6.24. The van der Waals surface area contributed by atoms with Gasteiger partial charge < -0.3 is 10.1 Å². The maximum absolute atomic E-state index is 13.2. The highest BCUT2D eigenvalue weighted by atomic mass is 32.2. The van der Waals surface area contributed by atoms with Gasteiger partial charge >= 0.3 is 0 Å². The molecule has 2 aromatic rings. The molecule has 2 aromatic carbocycles. The first-order valence-electron chi connectivity index (χ1n) is 12.0. The Balaban J connectivity index is 1.68. The Morgan fingerprint density at radius 1 is 1.06 bits per heavy atom.